The summed E-state index contributed by atoms with van der Waals surface area (Å²) in [5.74, 6) is 0.832. The van der Waals surface area contributed by atoms with Crippen LogP contribution in [0, 0.1) is 5.92 Å². The van der Waals surface area contributed by atoms with Gasteiger partial charge in [0.15, 0.2) is 0 Å². The van der Waals surface area contributed by atoms with E-state index in [1.54, 1.807) is 0 Å². The van der Waals surface area contributed by atoms with Gasteiger partial charge in [0, 0.05) is 6.04 Å². The van der Waals surface area contributed by atoms with Crippen LogP contribution in [0.1, 0.15) is 47.0 Å². The predicted octanol–water partition coefficient (Wildman–Crippen LogP) is 1.73. The zero-order chi connectivity index (χ0) is 11.2. The Labute approximate surface area is 92.2 Å². The first-order valence-electron chi connectivity index (χ1n) is 6.12. The number of hydrogen-bond acceptors (Lipinski definition) is 2. The third-order valence-corrected chi connectivity index (χ3v) is 3.81. The van der Waals surface area contributed by atoms with E-state index < -0.39 is 0 Å². The van der Waals surface area contributed by atoms with Gasteiger partial charge in [-0.1, -0.05) is 20.8 Å². The van der Waals surface area contributed by atoms with Crippen LogP contribution >= 0.6 is 0 Å². The first kappa shape index (κ1) is 10.9. The Bertz CT molecular complexity index is 271. The second-order valence-electron chi connectivity index (χ2n) is 5.38. The summed E-state index contributed by atoms with van der Waals surface area (Å²) in [5.41, 5.74) is -0.154. The molecule has 1 saturated heterocycles. The third kappa shape index (κ3) is 1.57. The van der Waals surface area contributed by atoms with Gasteiger partial charge in [-0.25, -0.2) is 0 Å². The standard InChI is InChI=1S/C12H22N2O/c1-5-9(4)14-10(8(2)3)13-12(6-7-12)11(14)15/h8-10,13H,5-7H2,1-4H3. The van der Waals surface area contributed by atoms with E-state index in [4.69, 9.17) is 0 Å². The molecule has 86 valence electrons. The first-order chi connectivity index (χ1) is 7.02. The van der Waals surface area contributed by atoms with E-state index >= 15 is 0 Å². The molecule has 0 aromatic heterocycles. The molecule has 2 aliphatic rings. The molecular formula is C12H22N2O. The van der Waals surface area contributed by atoms with Crippen molar-refractivity contribution in [1.29, 1.82) is 0 Å². The molecule has 1 saturated carbocycles. The largest absolute Gasteiger partial charge is 0.323 e. The van der Waals surface area contributed by atoms with Crippen LogP contribution in [0.2, 0.25) is 0 Å². The van der Waals surface area contributed by atoms with Crippen LogP contribution in [0.15, 0.2) is 0 Å². The molecule has 3 heteroatoms. The Morgan fingerprint density at radius 3 is 2.47 bits per heavy atom. The fourth-order valence-corrected chi connectivity index (χ4v) is 2.43. The molecule has 2 rings (SSSR count). The highest BCUT2D eigenvalue weighted by Gasteiger charge is 2.60. The van der Waals surface area contributed by atoms with Crippen molar-refractivity contribution in [2.75, 3.05) is 0 Å². The number of amides is 1. The molecule has 3 nitrogen and oxygen atoms in total. The van der Waals surface area contributed by atoms with E-state index in [0.29, 0.717) is 17.9 Å². The molecule has 0 radical (unpaired) electrons. The lowest BCUT2D eigenvalue weighted by molar-refractivity contribution is -0.133. The maximum Gasteiger partial charge on any atom is 0.244 e. The Balaban J connectivity index is 2.20. The van der Waals surface area contributed by atoms with Crippen LogP contribution in [0.25, 0.3) is 0 Å². The highest BCUT2D eigenvalue weighted by Crippen LogP contribution is 2.44. The van der Waals surface area contributed by atoms with E-state index in [2.05, 4.69) is 37.9 Å². The van der Waals surface area contributed by atoms with E-state index in [1.165, 1.54) is 0 Å². The number of nitrogens with zero attached hydrogens (tertiary/aromatic N) is 1. The summed E-state index contributed by atoms with van der Waals surface area (Å²) >= 11 is 0. The smallest absolute Gasteiger partial charge is 0.244 e. The quantitative estimate of drug-likeness (QED) is 0.769. The van der Waals surface area contributed by atoms with Crippen molar-refractivity contribution in [3.05, 3.63) is 0 Å². The molecule has 0 aromatic rings. The van der Waals surface area contributed by atoms with Gasteiger partial charge in [0.1, 0.15) is 0 Å². The normalized spacial score (nSPS) is 30.3. The SMILES string of the molecule is CCC(C)N1C(=O)C2(CC2)NC1C(C)C. The zero-order valence-electron chi connectivity index (χ0n) is 10.2. The summed E-state index contributed by atoms with van der Waals surface area (Å²) in [4.78, 5) is 14.3. The van der Waals surface area contributed by atoms with Crippen LogP contribution in [-0.4, -0.2) is 28.6 Å². The summed E-state index contributed by atoms with van der Waals surface area (Å²) in [6.45, 7) is 8.66. The molecule has 1 amide bonds. The number of carbonyl (C=O) groups is 1. The van der Waals surface area contributed by atoms with Crippen molar-refractivity contribution in [2.45, 2.75) is 64.7 Å². The van der Waals surface area contributed by atoms with E-state index in [-0.39, 0.29) is 11.7 Å². The van der Waals surface area contributed by atoms with Gasteiger partial charge in [-0.15, -0.1) is 0 Å². The van der Waals surface area contributed by atoms with Crippen molar-refractivity contribution >= 4 is 5.91 Å². The summed E-state index contributed by atoms with van der Waals surface area (Å²) in [5, 5.41) is 3.53. The average Bonchev–Trinajstić information content (AvgIpc) is 2.90. The molecule has 0 aromatic carbocycles. The van der Waals surface area contributed by atoms with Crippen LogP contribution < -0.4 is 5.32 Å². The summed E-state index contributed by atoms with van der Waals surface area (Å²) in [6, 6.07) is 0.359. The molecule has 1 aliphatic heterocycles. The lowest BCUT2D eigenvalue weighted by atomic mass is 10.1. The Morgan fingerprint density at radius 2 is 2.07 bits per heavy atom. The van der Waals surface area contributed by atoms with Crippen molar-refractivity contribution in [2.24, 2.45) is 5.92 Å². The predicted molar refractivity (Wildman–Crippen MR) is 60.3 cm³/mol. The van der Waals surface area contributed by atoms with E-state index in [1.807, 2.05) is 0 Å². The highest BCUT2D eigenvalue weighted by atomic mass is 16.2. The van der Waals surface area contributed by atoms with Crippen molar-refractivity contribution < 1.29 is 4.79 Å². The molecule has 1 spiro atoms. The van der Waals surface area contributed by atoms with Crippen LogP contribution in [-0.2, 0) is 4.79 Å². The minimum atomic E-state index is -0.154. The third-order valence-electron chi connectivity index (χ3n) is 3.81. The second kappa shape index (κ2) is 3.48. The zero-order valence-corrected chi connectivity index (χ0v) is 10.2. The van der Waals surface area contributed by atoms with Gasteiger partial charge in [0.2, 0.25) is 5.91 Å². The van der Waals surface area contributed by atoms with Crippen molar-refractivity contribution in [3.8, 4) is 0 Å². The number of nitrogens with one attached hydrogen (secondary N) is 1. The van der Waals surface area contributed by atoms with Gasteiger partial charge in [-0.2, -0.15) is 0 Å². The topological polar surface area (TPSA) is 32.3 Å². The maximum atomic E-state index is 12.3. The molecule has 2 unspecified atom stereocenters. The van der Waals surface area contributed by atoms with Crippen molar-refractivity contribution in [3.63, 3.8) is 0 Å². The molecule has 1 heterocycles. The molecule has 15 heavy (non-hydrogen) atoms. The number of carbonyl (C=O) groups excluding carboxylic acids is 1. The summed E-state index contributed by atoms with van der Waals surface area (Å²) < 4.78 is 0. The van der Waals surface area contributed by atoms with Gasteiger partial charge < -0.3 is 4.90 Å². The van der Waals surface area contributed by atoms with Crippen LogP contribution in [0.5, 0.6) is 0 Å². The molecular weight excluding hydrogens is 188 g/mol. The lowest BCUT2D eigenvalue weighted by Crippen LogP contribution is -2.46. The first-order valence-corrected chi connectivity index (χ1v) is 6.12. The van der Waals surface area contributed by atoms with Gasteiger partial charge in [0.25, 0.3) is 0 Å². The molecule has 2 fully saturated rings. The van der Waals surface area contributed by atoms with E-state index in [9.17, 15) is 4.79 Å². The van der Waals surface area contributed by atoms with Gasteiger partial charge in [0.05, 0.1) is 11.7 Å². The minimum Gasteiger partial charge on any atom is -0.323 e. The summed E-state index contributed by atoms with van der Waals surface area (Å²) in [7, 11) is 0. The van der Waals surface area contributed by atoms with E-state index in [0.717, 1.165) is 19.3 Å². The Kier molecular flexibility index (Phi) is 2.53. The van der Waals surface area contributed by atoms with Crippen LogP contribution in [0.4, 0.5) is 0 Å². The molecule has 0 bridgehead atoms. The van der Waals surface area contributed by atoms with Crippen LogP contribution in [0.3, 0.4) is 0 Å². The fourth-order valence-electron chi connectivity index (χ4n) is 2.43. The summed E-state index contributed by atoms with van der Waals surface area (Å²) in [6.07, 6.45) is 3.34. The van der Waals surface area contributed by atoms with Gasteiger partial charge in [-0.05, 0) is 32.1 Å². The number of rotatable bonds is 3. The second-order valence-corrected chi connectivity index (χ2v) is 5.38. The molecule has 2 atom stereocenters. The lowest BCUT2D eigenvalue weighted by Gasteiger charge is -2.32. The Hall–Kier alpha value is -0.570. The monoisotopic (exact) mass is 210 g/mol. The van der Waals surface area contributed by atoms with Crippen molar-refractivity contribution in [1.82, 2.24) is 10.2 Å². The highest BCUT2D eigenvalue weighted by molar-refractivity contribution is 5.92. The molecule has 1 N–H and O–H groups in total. The average molecular weight is 210 g/mol. The van der Waals surface area contributed by atoms with Gasteiger partial charge in [-0.3, -0.25) is 10.1 Å². The fraction of sp³-hybridized carbons (Fsp3) is 0.917. The number of hydrogen-bond donors (Lipinski definition) is 1. The molecule has 1 aliphatic carbocycles. The maximum absolute atomic E-state index is 12.3. The Morgan fingerprint density at radius 1 is 1.47 bits per heavy atom. The minimum absolute atomic E-state index is 0.154. The van der Waals surface area contributed by atoms with Gasteiger partial charge >= 0.3 is 0 Å².